The highest BCUT2D eigenvalue weighted by atomic mass is 35.5. The summed E-state index contributed by atoms with van der Waals surface area (Å²) in [5, 5.41) is 4.35. The zero-order valence-electron chi connectivity index (χ0n) is 12.4. The van der Waals surface area contributed by atoms with Crippen LogP contribution in [0.1, 0.15) is 36.0 Å². The third-order valence-corrected chi connectivity index (χ3v) is 3.53. The molecule has 2 aromatic rings. The summed E-state index contributed by atoms with van der Waals surface area (Å²) in [6.45, 7) is 6.04. The number of hydrogen-bond donors (Lipinski definition) is 0. The normalized spacial score (nSPS) is 10.8. The first-order chi connectivity index (χ1) is 9.55. The van der Waals surface area contributed by atoms with Crippen LogP contribution in [-0.4, -0.2) is 14.8 Å². The molecule has 0 aliphatic rings. The first-order valence-corrected chi connectivity index (χ1v) is 7.32. The van der Waals surface area contributed by atoms with Crippen LogP contribution in [0.4, 0.5) is 0 Å². The zero-order chi connectivity index (χ0) is 14.7. The Morgan fingerprint density at radius 2 is 2.05 bits per heavy atom. The van der Waals surface area contributed by atoms with Gasteiger partial charge < -0.3 is 4.74 Å². The lowest BCUT2D eigenvalue weighted by molar-refractivity contribution is 0.452. The molecule has 5 heteroatoms. The third-order valence-electron chi connectivity index (χ3n) is 3.22. The Morgan fingerprint density at radius 3 is 2.60 bits per heavy atom. The van der Waals surface area contributed by atoms with Crippen molar-refractivity contribution in [1.29, 1.82) is 0 Å². The summed E-state index contributed by atoms with van der Waals surface area (Å²) in [6, 6.07) is 3.92. The largest absolute Gasteiger partial charge is 0.435 e. The van der Waals surface area contributed by atoms with Crippen molar-refractivity contribution in [3.05, 3.63) is 34.8 Å². The second-order valence-electron chi connectivity index (χ2n) is 4.91. The van der Waals surface area contributed by atoms with Crippen molar-refractivity contribution < 1.29 is 4.74 Å². The van der Waals surface area contributed by atoms with Crippen LogP contribution < -0.4 is 4.74 Å². The van der Waals surface area contributed by atoms with Crippen molar-refractivity contribution in [2.24, 2.45) is 7.05 Å². The molecule has 0 atom stereocenters. The number of aryl methyl sites for hydroxylation is 3. The van der Waals surface area contributed by atoms with Gasteiger partial charge in [-0.3, -0.25) is 4.68 Å². The van der Waals surface area contributed by atoms with Gasteiger partial charge in [-0.2, -0.15) is 5.10 Å². The number of ether oxygens (including phenoxy) is 1. The summed E-state index contributed by atoms with van der Waals surface area (Å²) in [6.07, 6.45) is 1.97. The van der Waals surface area contributed by atoms with E-state index in [0.717, 1.165) is 41.2 Å². The molecule has 0 unspecified atom stereocenters. The second kappa shape index (κ2) is 6.27. The molecule has 0 aliphatic carbocycles. The van der Waals surface area contributed by atoms with E-state index in [2.05, 4.69) is 17.0 Å². The maximum Gasteiger partial charge on any atom is 0.219 e. The van der Waals surface area contributed by atoms with Gasteiger partial charge in [0.25, 0.3) is 0 Å². The molecular formula is C15H20ClN3O. The van der Waals surface area contributed by atoms with Crippen molar-refractivity contribution >= 4 is 11.6 Å². The minimum absolute atomic E-state index is 0.459. The van der Waals surface area contributed by atoms with Crippen LogP contribution in [0.3, 0.4) is 0 Å². The summed E-state index contributed by atoms with van der Waals surface area (Å²) in [4.78, 5) is 4.54. The molecule has 2 rings (SSSR count). The maximum absolute atomic E-state index is 5.94. The molecular weight excluding hydrogens is 274 g/mol. The molecule has 0 aliphatic heterocycles. The van der Waals surface area contributed by atoms with Crippen molar-refractivity contribution in [3.63, 3.8) is 0 Å². The van der Waals surface area contributed by atoms with Crippen LogP contribution in [0.15, 0.2) is 12.1 Å². The van der Waals surface area contributed by atoms with Gasteiger partial charge in [-0.05, 0) is 31.9 Å². The van der Waals surface area contributed by atoms with E-state index < -0.39 is 0 Å². The minimum Gasteiger partial charge on any atom is -0.435 e. The molecule has 0 spiro atoms. The Morgan fingerprint density at radius 1 is 1.30 bits per heavy atom. The summed E-state index contributed by atoms with van der Waals surface area (Å²) in [5.74, 6) is 1.82. The molecule has 0 bridgehead atoms. The van der Waals surface area contributed by atoms with Crippen molar-refractivity contribution in [2.75, 3.05) is 0 Å². The van der Waals surface area contributed by atoms with Crippen LogP contribution in [-0.2, 0) is 19.3 Å². The smallest absolute Gasteiger partial charge is 0.219 e. The van der Waals surface area contributed by atoms with Gasteiger partial charge in [0.1, 0.15) is 5.69 Å². The fraction of sp³-hybridized carbons (Fsp3) is 0.467. The van der Waals surface area contributed by atoms with Crippen LogP contribution in [0.2, 0.25) is 0 Å². The SMILES string of the molecule is CCCc1cc(CCl)cc(Oc2c(C)nn(C)c2C)n1. The lowest BCUT2D eigenvalue weighted by Crippen LogP contribution is -1.97. The van der Waals surface area contributed by atoms with Gasteiger partial charge in [-0.25, -0.2) is 4.98 Å². The van der Waals surface area contributed by atoms with E-state index in [9.17, 15) is 0 Å². The molecule has 0 aromatic carbocycles. The number of hydrogen-bond acceptors (Lipinski definition) is 3. The summed E-state index contributed by atoms with van der Waals surface area (Å²) >= 11 is 5.94. The first kappa shape index (κ1) is 14.9. The number of pyridine rings is 1. The highest BCUT2D eigenvalue weighted by Crippen LogP contribution is 2.28. The molecule has 0 N–H and O–H groups in total. The Hall–Kier alpha value is -1.55. The lowest BCUT2D eigenvalue weighted by atomic mass is 10.2. The van der Waals surface area contributed by atoms with Crippen molar-refractivity contribution in [3.8, 4) is 11.6 Å². The minimum atomic E-state index is 0.459. The maximum atomic E-state index is 5.94. The molecule has 108 valence electrons. The molecule has 2 heterocycles. The van der Waals surface area contributed by atoms with Gasteiger partial charge in [0.15, 0.2) is 5.75 Å². The van der Waals surface area contributed by atoms with E-state index in [1.54, 1.807) is 0 Å². The van der Waals surface area contributed by atoms with Gasteiger partial charge in [0, 0.05) is 24.7 Å². The van der Waals surface area contributed by atoms with Gasteiger partial charge in [0.05, 0.1) is 5.69 Å². The highest BCUT2D eigenvalue weighted by molar-refractivity contribution is 6.17. The third kappa shape index (κ3) is 3.12. The molecule has 20 heavy (non-hydrogen) atoms. The lowest BCUT2D eigenvalue weighted by Gasteiger charge is -2.09. The monoisotopic (exact) mass is 293 g/mol. The Bertz CT molecular complexity index is 607. The van der Waals surface area contributed by atoms with E-state index >= 15 is 0 Å². The Kier molecular flexibility index (Phi) is 4.65. The van der Waals surface area contributed by atoms with Crippen molar-refractivity contribution in [2.45, 2.75) is 39.5 Å². The Balaban J connectivity index is 2.34. The average Bonchev–Trinajstić information content (AvgIpc) is 2.65. The van der Waals surface area contributed by atoms with Crippen LogP contribution in [0.25, 0.3) is 0 Å². The number of rotatable bonds is 5. The van der Waals surface area contributed by atoms with E-state index in [4.69, 9.17) is 16.3 Å². The number of halogens is 1. The van der Waals surface area contributed by atoms with E-state index in [0.29, 0.717) is 11.8 Å². The van der Waals surface area contributed by atoms with E-state index in [1.165, 1.54) is 0 Å². The number of aromatic nitrogens is 3. The average molecular weight is 294 g/mol. The summed E-state index contributed by atoms with van der Waals surface area (Å²) < 4.78 is 7.75. The molecule has 0 radical (unpaired) electrons. The van der Waals surface area contributed by atoms with E-state index in [-0.39, 0.29) is 0 Å². The summed E-state index contributed by atoms with van der Waals surface area (Å²) in [7, 11) is 1.90. The quantitative estimate of drug-likeness (QED) is 0.785. The Labute approximate surface area is 124 Å². The summed E-state index contributed by atoms with van der Waals surface area (Å²) in [5.41, 5.74) is 3.89. The molecule has 0 amide bonds. The number of nitrogens with zero attached hydrogens (tertiary/aromatic N) is 3. The topological polar surface area (TPSA) is 39.9 Å². The van der Waals surface area contributed by atoms with Gasteiger partial charge in [0.2, 0.25) is 5.88 Å². The molecule has 2 aromatic heterocycles. The second-order valence-corrected chi connectivity index (χ2v) is 5.18. The van der Waals surface area contributed by atoms with E-state index in [1.807, 2.05) is 37.7 Å². The van der Waals surface area contributed by atoms with Crippen molar-refractivity contribution in [1.82, 2.24) is 14.8 Å². The van der Waals surface area contributed by atoms with Gasteiger partial charge in [-0.15, -0.1) is 11.6 Å². The predicted octanol–water partition coefficient (Wildman–Crippen LogP) is 3.92. The van der Waals surface area contributed by atoms with Gasteiger partial charge >= 0.3 is 0 Å². The number of alkyl halides is 1. The molecule has 0 fully saturated rings. The van der Waals surface area contributed by atoms with Crippen LogP contribution in [0.5, 0.6) is 11.6 Å². The zero-order valence-corrected chi connectivity index (χ0v) is 13.2. The molecule has 4 nitrogen and oxygen atoms in total. The fourth-order valence-corrected chi connectivity index (χ4v) is 2.29. The highest BCUT2D eigenvalue weighted by Gasteiger charge is 2.13. The first-order valence-electron chi connectivity index (χ1n) is 6.79. The molecule has 0 saturated carbocycles. The fourth-order valence-electron chi connectivity index (χ4n) is 2.14. The predicted molar refractivity (Wildman–Crippen MR) is 80.5 cm³/mol. The standard InChI is InChI=1S/C15H20ClN3O/c1-5-6-13-7-12(9-16)8-14(17-13)20-15-10(2)18-19(4)11(15)3/h7-8H,5-6,9H2,1-4H3. The molecule has 0 saturated heterocycles. The van der Waals surface area contributed by atoms with Gasteiger partial charge in [-0.1, -0.05) is 13.3 Å². The van der Waals surface area contributed by atoms with Crippen LogP contribution in [0, 0.1) is 13.8 Å². The van der Waals surface area contributed by atoms with Crippen LogP contribution >= 0.6 is 11.6 Å².